The van der Waals surface area contributed by atoms with Gasteiger partial charge in [-0.1, -0.05) is 36.4 Å². The summed E-state index contributed by atoms with van der Waals surface area (Å²) in [5, 5.41) is 17.4. The van der Waals surface area contributed by atoms with E-state index in [-0.39, 0.29) is 12.2 Å². The van der Waals surface area contributed by atoms with Crippen LogP contribution >= 0.6 is 0 Å². The molecule has 0 saturated heterocycles. The Hall–Kier alpha value is -3.69. The minimum Gasteiger partial charge on any atom is -0.493 e. The summed E-state index contributed by atoms with van der Waals surface area (Å²) in [6, 6.07) is 12.7. The fraction of sp³-hybridized carbons (Fsp3) is 0.111. The molecule has 144 valence electrons. The van der Waals surface area contributed by atoms with Gasteiger partial charge in [-0.25, -0.2) is 4.79 Å². The van der Waals surface area contributed by atoms with E-state index in [9.17, 15) is 27.9 Å². The number of H-pyrrole nitrogens is 1. The molecule has 0 saturated carbocycles. The molecule has 0 amide bonds. The average Bonchev–Trinajstić information content (AvgIpc) is 2.65. The molecule has 0 unspecified atom stereocenters. The lowest BCUT2D eigenvalue weighted by Gasteiger charge is -2.09. The SMILES string of the molecule is O=c1[nH]c(=O)n(Cc2ccccc2)c(O)c1N=Nc1cccc(C(F)(F)F)c1. The van der Waals surface area contributed by atoms with Crippen LogP contribution in [0.2, 0.25) is 0 Å². The maximum absolute atomic E-state index is 12.8. The summed E-state index contributed by atoms with van der Waals surface area (Å²) in [5.41, 5.74) is -2.89. The number of benzene rings is 2. The topological polar surface area (TPSA) is 99.8 Å². The molecule has 3 aromatic rings. The number of aromatic hydroxyl groups is 1. The van der Waals surface area contributed by atoms with Crippen molar-refractivity contribution in [2.75, 3.05) is 0 Å². The second kappa shape index (κ2) is 7.51. The Kier molecular flexibility index (Phi) is 5.12. The van der Waals surface area contributed by atoms with Gasteiger partial charge in [0.25, 0.3) is 5.56 Å². The summed E-state index contributed by atoms with van der Waals surface area (Å²) in [7, 11) is 0. The normalized spacial score (nSPS) is 11.8. The average molecular weight is 390 g/mol. The van der Waals surface area contributed by atoms with Crippen LogP contribution in [0.3, 0.4) is 0 Å². The molecule has 0 aliphatic carbocycles. The van der Waals surface area contributed by atoms with E-state index in [1.165, 1.54) is 6.07 Å². The molecule has 0 radical (unpaired) electrons. The third-order valence-electron chi connectivity index (χ3n) is 3.77. The Labute approximate surface area is 155 Å². The number of aromatic amines is 1. The summed E-state index contributed by atoms with van der Waals surface area (Å²) in [4.78, 5) is 25.9. The summed E-state index contributed by atoms with van der Waals surface area (Å²) < 4.78 is 39.1. The molecule has 2 N–H and O–H groups in total. The molecular weight excluding hydrogens is 377 g/mol. The zero-order valence-corrected chi connectivity index (χ0v) is 14.1. The van der Waals surface area contributed by atoms with Gasteiger partial charge in [-0.3, -0.25) is 14.3 Å². The van der Waals surface area contributed by atoms with Gasteiger partial charge >= 0.3 is 11.9 Å². The van der Waals surface area contributed by atoms with E-state index in [0.717, 1.165) is 22.8 Å². The highest BCUT2D eigenvalue weighted by Crippen LogP contribution is 2.32. The van der Waals surface area contributed by atoms with Crippen molar-refractivity contribution in [3.05, 3.63) is 86.6 Å². The summed E-state index contributed by atoms with van der Waals surface area (Å²) >= 11 is 0. The van der Waals surface area contributed by atoms with Crippen LogP contribution in [0.25, 0.3) is 0 Å². The van der Waals surface area contributed by atoms with Gasteiger partial charge < -0.3 is 5.11 Å². The van der Waals surface area contributed by atoms with Gasteiger partial charge in [-0.15, -0.1) is 5.11 Å². The fourth-order valence-electron chi connectivity index (χ4n) is 2.40. The van der Waals surface area contributed by atoms with Gasteiger partial charge in [0.2, 0.25) is 11.6 Å². The van der Waals surface area contributed by atoms with Gasteiger partial charge in [-0.2, -0.15) is 18.3 Å². The predicted molar refractivity (Wildman–Crippen MR) is 94.2 cm³/mol. The minimum absolute atomic E-state index is 0.0473. The van der Waals surface area contributed by atoms with Crippen LogP contribution in [-0.2, 0) is 12.7 Å². The van der Waals surface area contributed by atoms with E-state index in [1.54, 1.807) is 30.3 Å². The van der Waals surface area contributed by atoms with Gasteiger partial charge in [0.15, 0.2) is 0 Å². The van der Waals surface area contributed by atoms with Crippen molar-refractivity contribution >= 4 is 11.4 Å². The van der Waals surface area contributed by atoms with Gasteiger partial charge in [0, 0.05) is 0 Å². The molecule has 0 atom stereocenters. The third-order valence-corrected chi connectivity index (χ3v) is 3.77. The third kappa shape index (κ3) is 4.17. The number of rotatable bonds is 4. The maximum atomic E-state index is 12.8. The van der Waals surface area contributed by atoms with E-state index < -0.39 is 34.6 Å². The Morgan fingerprint density at radius 1 is 1.00 bits per heavy atom. The molecule has 0 bridgehead atoms. The smallest absolute Gasteiger partial charge is 0.416 e. The molecule has 1 aromatic heterocycles. The highest BCUT2D eigenvalue weighted by Gasteiger charge is 2.30. The lowest BCUT2D eigenvalue weighted by molar-refractivity contribution is -0.137. The number of azo groups is 1. The first kappa shape index (κ1) is 19.1. The Morgan fingerprint density at radius 2 is 1.71 bits per heavy atom. The van der Waals surface area contributed by atoms with Crippen LogP contribution in [0.15, 0.2) is 74.4 Å². The molecule has 0 fully saturated rings. The summed E-state index contributed by atoms with van der Waals surface area (Å²) in [5.74, 6) is -0.742. The first-order chi connectivity index (χ1) is 13.3. The molecule has 0 aliphatic rings. The fourth-order valence-corrected chi connectivity index (χ4v) is 2.40. The van der Waals surface area contributed by atoms with Crippen LogP contribution in [0.5, 0.6) is 5.88 Å². The van der Waals surface area contributed by atoms with Crippen LogP contribution < -0.4 is 11.2 Å². The number of hydrogen-bond donors (Lipinski definition) is 2. The number of nitrogens with zero attached hydrogens (tertiary/aromatic N) is 3. The standard InChI is InChI=1S/C18H13F3N4O3/c19-18(20,21)12-7-4-8-13(9-12)23-24-14-15(26)22-17(28)25(16(14)27)10-11-5-2-1-3-6-11/h1-9,27H,10H2,(H,22,26,28). The van der Waals surface area contributed by atoms with Gasteiger partial charge in [0.1, 0.15) is 0 Å². The molecule has 10 heteroatoms. The van der Waals surface area contributed by atoms with Crippen LogP contribution in [0.4, 0.5) is 24.5 Å². The van der Waals surface area contributed by atoms with Crippen LogP contribution in [-0.4, -0.2) is 14.7 Å². The Morgan fingerprint density at radius 3 is 2.39 bits per heavy atom. The highest BCUT2D eigenvalue weighted by molar-refractivity contribution is 5.46. The highest BCUT2D eigenvalue weighted by atomic mass is 19.4. The van der Waals surface area contributed by atoms with Gasteiger partial charge in [0.05, 0.1) is 17.8 Å². The predicted octanol–water partition coefficient (Wildman–Crippen LogP) is 3.72. The van der Waals surface area contributed by atoms with E-state index in [4.69, 9.17) is 0 Å². The van der Waals surface area contributed by atoms with Crippen LogP contribution in [0.1, 0.15) is 11.1 Å². The zero-order chi connectivity index (χ0) is 20.3. The number of nitrogens with one attached hydrogen (secondary N) is 1. The minimum atomic E-state index is -4.56. The first-order valence-corrected chi connectivity index (χ1v) is 7.95. The van der Waals surface area contributed by atoms with Crippen molar-refractivity contribution in [3.63, 3.8) is 0 Å². The van der Waals surface area contributed by atoms with E-state index in [0.29, 0.717) is 5.56 Å². The molecule has 0 spiro atoms. The quantitative estimate of drug-likeness (QED) is 0.664. The molecular formula is C18H13F3N4O3. The van der Waals surface area contributed by atoms with Crippen molar-refractivity contribution in [2.45, 2.75) is 12.7 Å². The van der Waals surface area contributed by atoms with Crippen molar-refractivity contribution in [1.29, 1.82) is 0 Å². The molecule has 28 heavy (non-hydrogen) atoms. The van der Waals surface area contributed by atoms with Crippen molar-refractivity contribution in [1.82, 2.24) is 9.55 Å². The largest absolute Gasteiger partial charge is 0.493 e. The lowest BCUT2D eigenvalue weighted by atomic mass is 10.2. The molecule has 7 nitrogen and oxygen atoms in total. The number of hydrogen-bond acceptors (Lipinski definition) is 5. The van der Waals surface area contributed by atoms with Crippen molar-refractivity contribution < 1.29 is 18.3 Å². The molecule has 0 aliphatic heterocycles. The summed E-state index contributed by atoms with van der Waals surface area (Å²) in [6.07, 6.45) is -4.56. The first-order valence-electron chi connectivity index (χ1n) is 7.95. The number of aromatic nitrogens is 2. The lowest BCUT2D eigenvalue weighted by Crippen LogP contribution is -2.29. The molecule has 1 heterocycles. The second-order valence-electron chi connectivity index (χ2n) is 5.75. The van der Waals surface area contributed by atoms with Crippen molar-refractivity contribution in [2.24, 2.45) is 10.2 Å². The number of halogens is 3. The monoisotopic (exact) mass is 390 g/mol. The van der Waals surface area contributed by atoms with Gasteiger partial charge in [-0.05, 0) is 23.8 Å². The summed E-state index contributed by atoms with van der Waals surface area (Å²) in [6.45, 7) is -0.0473. The van der Waals surface area contributed by atoms with E-state index >= 15 is 0 Å². The van der Waals surface area contributed by atoms with Crippen molar-refractivity contribution in [3.8, 4) is 5.88 Å². The zero-order valence-electron chi connectivity index (χ0n) is 14.1. The van der Waals surface area contributed by atoms with E-state index in [2.05, 4.69) is 10.2 Å². The molecule has 2 aromatic carbocycles. The van der Waals surface area contributed by atoms with Crippen LogP contribution in [0, 0.1) is 0 Å². The second-order valence-corrected chi connectivity index (χ2v) is 5.75. The maximum Gasteiger partial charge on any atom is 0.416 e. The Bertz CT molecular complexity index is 1140. The van der Waals surface area contributed by atoms with E-state index in [1.807, 2.05) is 4.98 Å². The number of alkyl halides is 3. The molecule has 3 rings (SSSR count). The Balaban J connectivity index is 1.99.